The van der Waals surface area contributed by atoms with Crippen molar-refractivity contribution in [2.45, 2.75) is 0 Å². The first-order chi connectivity index (χ1) is 7.70. The Bertz CT molecular complexity index is 591. The Hall–Kier alpha value is -2.24. The lowest BCUT2D eigenvalue weighted by atomic mass is 10.3. The Balaban J connectivity index is 2.99. The molecule has 16 heavy (non-hydrogen) atoms. The maximum Gasteiger partial charge on any atom is 0.483 e. The summed E-state index contributed by atoms with van der Waals surface area (Å²) < 4.78 is 10.8. The summed E-state index contributed by atoms with van der Waals surface area (Å²) in [5.41, 5.74) is 0.463. The van der Waals surface area contributed by atoms with Crippen molar-refractivity contribution >= 4 is 11.0 Å². The maximum absolute atomic E-state index is 11.9. The number of methoxy groups -OCH3 is 2. The molecule has 1 heterocycles. The van der Waals surface area contributed by atoms with Crippen LogP contribution in [0.5, 0.6) is 11.8 Å². The molecule has 1 aromatic carbocycles. The normalized spacial score (nSPS) is 10.4. The van der Waals surface area contributed by atoms with Crippen molar-refractivity contribution in [2.75, 3.05) is 14.2 Å². The third-order valence-corrected chi connectivity index (χ3v) is 2.26. The minimum atomic E-state index is -0.156. The number of aromatic nitrogens is 2. The Labute approximate surface area is 90.8 Å². The second kappa shape index (κ2) is 3.73. The lowest BCUT2D eigenvalue weighted by molar-refractivity contribution is -0.476. The van der Waals surface area contributed by atoms with Gasteiger partial charge in [0.2, 0.25) is 0 Å². The van der Waals surface area contributed by atoms with E-state index in [2.05, 4.69) is 0 Å². The zero-order valence-corrected chi connectivity index (χ0v) is 8.84. The zero-order valence-electron chi connectivity index (χ0n) is 8.84. The number of fused-ring (bicyclic) bond motifs is 1. The average Bonchev–Trinajstić information content (AvgIpc) is 2.33. The first-order valence-electron chi connectivity index (χ1n) is 4.56. The van der Waals surface area contributed by atoms with E-state index in [9.17, 15) is 10.1 Å². The molecule has 1 aromatic heterocycles. The topological polar surface area (TPSA) is 69.4 Å². The van der Waals surface area contributed by atoms with Crippen molar-refractivity contribution < 1.29 is 13.9 Å². The molecule has 0 aliphatic rings. The number of benzene rings is 1. The van der Waals surface area contributed by atoms with E-state index in [-0.39, 0.29) is 22.8 Å². The standard InChI is InChI=1S/C10H10N2O4/c1-15-9-10(16-2)12(14)8-6-4-3-5-7(8)11(9)13/h3-6H,1-2H3. The van der Waals surface area contributed by atoms with Crippen LogP contribution < -0.4 is 13.9 Å². The van der Waals surface area contributed by atoms with Crippen LogP contribution in [0.1, 0.15) is 0 Å². The molecule has 2 aromatic rings. The van der Waals surface area contributed by atoms with Gasteiger partial charge in [-0.2, -0.15) is 0 Å². The average molecular weight is 222 g/mol. The van der Waals surface area contributed by atoms with Gasteiger partial charge in [0.25, 0.3) is 5.52 Å². The first kappa shape index (κ1) is 10.3. The van der Waals surface area contributed by atoms with Gasteiger partial charge >= 0.3 is 11.8 Å². The van der Waals surface area contributed by atoms with Crippen molar-refractivity contribution in [2.24, 2.45) is 0 Å². The van der Waals surface area contributed by atoms with Crippen LogP contribution in [0.25, 0.3) is 11.0 Å². The van der Waals surface area contributed by atoms with E-state index in [0.29, 0.717) is 9.16 Å². The molecule has 0 aliphatic heterocycles. The summed E-state index contributed by atoms with van der Waals surface area (Å²) >= 11 is 0. The van der Waals surface area contributed by atoms with Crippen molar-refractivity contribution in [3.63, 3.8) is 0 Å². The number of nitrogens with zero attached hydrogens (tertiary/aromatic N) is 2. The van der Waals surface area contributed by atoms with Crippen LogP contribution in [0.3, 0.4) is 0 Å². The molecule has 6 nitrogen and oxygen atoms in total. The van der Waals surface area contributed by atoms with Crippen LogP contribution in [-0.4, -0.2) is 19.0 Å². The molecule has 0 aliphatic carbocycles. The summed E-state index contributed by atoms with van der Waals surface area (Å²) in [6.07, 6.45) is 0. The van der Waals surface area contributed by atoms with Gasteiger partial charge in [-0.25, -0.2) is 0 Å². The van der Waals surface area contributed by atoms with Crippen molar-refractivity contribution in [3.8, 4) is 11.8 Å². The van der Waals surface area contributed by atoms with Gasteiger partial charge < -0.3 is 19.4 Å². The van der Waals surface area contributed by atoms with E-state index >= 15 is 0 Å². The van der Waals surface area contributed by atoms with E-state index in [1.165, 1.54) is 14.2 Å². The monoisotopic (exact) mass is 222 g/mol. The first-order valence-corrected chi connectivity index (χ1v) is 4.56. The largest absolute Gasteiger partial charge is 0.803 e. The minimum Gasteiger partial charge on any atom is -0.803 e. The summed E-state index contributed by atoms with van der Waals surface area (Å²) in [4.78, 5) is 11.9. The number of hydrogen-bond donors (Lipinski definition) is 0. The number of hydrogen-bond acceptors (Lipinski definition) is 4. The van der Waals surface area contributed by atoms with Gasteiger partial charge in [0.15, 0.2) is 0 Å². The molecule has 0 bridgehead atoms. The van der Waals surface area contributed by atoms with E-state index in [1.54, 1.807) is 24.3 Å². The third-order valence-electron chi connectivity index (χ3n) is 2.26. The summed E-state index contributed by atoms with van der Waals surface area (Å²) in [7, 11) is 2.61. The lowest BCUT2D eigenvalue weighted by Gasteiger charge is -2.15. The third kappa shape index (κ3) is 1.27. The lowest BCUT2D eigenvalue weighted by Crippen LogP contribution is -2.22. The Morgan fingerprint density at radius 1 is 1.25 bits per heavy atom. The molecular weight excluding hydrogens is 212 g/mol. The van der Waals surface area contributed by atoms with Gasteiger partial charge in [-0.05, 0) is 6.07 Å². The zero-order chi connectivity index (χ0) is 11.7. The summed E-state index contributed by atoms with van der Waals surface area (Å²) in [5.74, 6) is -0.313. The molecule has 0 spiro atoms. The van der Waals surface area contributed by atoms with Gasteiger partial charge in [0, 0.05) is 11.0 Å². The van der Waals surface area contributed by atoms with Crippen molar-refractivity contribution in [3.05, 3.63) is 34.4 Å². The van der Waals surface area contributed by atoms with Crippen molar-refractivity contribution in [1.29, 1.82) is 0 Å². The van der Waals surface area contributed by atoms with Gasteiger partial charge in [0.1, 0.15) is 9.94 Å². The highest BCUT2D eigenvalue weighted by molar-refractivity contribution is 5.73. The highest BCUT2D eigenvalue weighted by Gasteiger charge is 2.23. The van der Waals surface area contributed by atoms with E-state index in [1.807, 2.05) is 0 Å². The molecule has 84 valence electrons. The molecule has 0 radical (unpaired) electrons. The molecule has 6 heteroatoms. The highest BCUT2D eigenvalue weighted by Crippen LogP contribution is 2.25. The molecule has 0 atom stereocenters. The van der Waals surface area contributed by atoms with Crippen LogP contribution in [-0.2, 0) is 0 Å². The number of para-hydroxylation sites is 2. The van der Waals surface area contributed by atoms with Crippen LogP contribution in [0.4, 0.5) is 0 Å². The fourth-order valence-electron chi connectivity index (χ4n) is 1.54. The quantitative estimate of drug-likeness (QED) is 0.708. The van der Waals surface area contributed by atoms with Gasteiger partial charge in [-0.15, -0.1) is 0 Å². The fourth-order valence-corrected chi connectivity index (χ4v) is 1.54. The predicted octanol–water partition coefficient (Wildman–Crippen LogP) is 0.919. The Morgan fingerprint density at radius 3 is 2.56 bits per heavy atom. The Kier molecular flexibility index (Phi) is 2.40. The highest BCUT2D eigenvalue weighted by atomic mass is 16.6. The van der Waals surface area contributed by atoms with Crippen LogP contribution in [0, 0.1) is 10.1 Å². The van der Waals surface area contributed by atoms with Crippen LogP contribution >= 0.6 is 0 Å². The number of rotatable bonds is 2. The molecule has 0 saturated heterocycles. The van der Waals surface area contributed by atoms with E-state index in [4.69, 9.17) is 9.47 Å². The fraction of sp³-hybridized carbons (Fsp3) is 0.200. The summed E-state index contributed by atoms with van der Waals surface area (Å²) in [5, 5.41) is 11.9. The van der Waals surface area contributed by atoms with Gasteiger partial charge in [0.05, 0.1) is 14.2 Å². The molecular formula is C10H10N2O4. The molecule has 0 N–H and O–H groups in total. The summed E-state index contributed by atoms with van der Waals surface area (Å²) in [6, 6.07) is 6.42. The predicted molar refractivity (Wildman–Crippen MR) is 57.2 cm³/mol. The second-order valence-corrected chi connectivity index (χ2v) is 3.10. The molecule has 2 rings (SSSR count). The maximum atomic E-state index is 11.9. The van der Waals surface area contributed by atoms with Gasteiger partial charge in [-0.3, -0.25) is 0 Å². The van der Waals surface area contributed by atoms with Gasteiger partial charge in [-0.1, -0.05) is 12.1 Å². The van der Waals surface area contributed by atoms with E-state index < -0.39 is 0 Å². The van der Waals surface area contributed by atoms with Crippen molar-refractivity contribution in [1.82, 2.24) is 4.73 Å². The summed E-state index contributed by atoms with van der Waals surface area (Å²) in [6.45, 7) is 0. The molecule has 0 unspecified atom stereocenters. The molecule has 0 saturated carbocycles. The van der Waals surface area contributed by atoms with Crippen LogP contribution in [0.2, 0.25) is 0 Å². The van der Waals surface area contributed by atoms with E-state index in [0.717, 1.165) is 0 Å². The SMILES string of the molecule is COc1c(OC)[n+](=O)c2ccccc2n1[O-]. The Morgan fingerprint density at radius 2 is 1.94 bits per heavy atom. The smallest absolute Gasteiger partial charge is 0.483 e. The minimum absolute atomic E-state index is 0.156. The van der Waals surface area contributed by atoms with Crippen LogP contribution in [0.15, 0.2) is 24.3 Å². The molecule has 0 amide bonds. The number of ether oxygens (including phenoxy) is 2. The second-order valence-electron chi connectivity index (χ2n) is 3.10. The molecule has 0 fully saturated rings.